The van der Waals surface area contributed by atoms with E-state index in [-0.39, 0.29) is 5.91 Å². The van der Waals surface area contributed by atoms with Gasteiger partial charge in [-0.15, -0.1) is 0 Å². The predicted octanol–water partition coefficient (Wildman–Crippen LogP) is 6.93. The van der Waals surface area contributed by atoms with E-state index in [0.717, 1.165) is 20.3 Å². The normalized spacial score (nSPS) is 15.5. The van der Waals surface area contributed by atoms with E-state index < -0.39 is 0 Å². The van der Waals surface area contributed by atoms with Gasteiger partial charge in [0.2, 0.25) is 0 Å². The van der Waals surface area contributed by atoms with Crippen LogP contribution in [0.15, 0.2) is 95.3 Å². The van der Waals surface area contributed by atoms with Gasteiger partial charge in [0.15, 0.2) is 16.7 Å². The molecule has 0 aromatic heterocycles. The Bertz CT molecular complexity index is 1280. The molecule has 0 radical (unpaired) electrons. The molecule has 0 bridgehead atoms. The number of thioether (sulfide) groups is 1. The molecule has 36 heavy (non-hydrogen) atoms. The van der Waals surface area contributed by atoms with Crippen LogP contribution in [0.1, 0.15) is 23.6 Å². The van der Waals surface area contributed by atoms with Crippen LogP contribution < -0.4 is 9.47 Å². The lowest BCUT2D eigenvalue weighted by Crippen LogP contribution is -2.28. The average Bonchev–Trinajstić information content (AvgIpc) is 3.17. The highest BCUT2D eigenvalue weighted by Crippen LogP contribution is 2.38. The first-order valence-corrected chi connectivity index (χ1v) is 13.5. The van der Waals surface area contributed by atoms with Crippen LogP contribution in [0, 0.1) is 3.57 Å². The minimum absolute atomic E-state index is 0.0596. The van der Waals surface area contributed by atoms with E-state index in [9.17, 15) is 4.79 Å². The molecule has 0 atom stereocenters. The zero-order valence-corrected chi connectivity index (χ0v) is 23.0. The summed E-state index contributed by atoms with van der Waals surface area (Å²) in [6.45, 7) is 7.53. The van der Waals surface area contributed by atoms with E-state index >= 15 is 0 Å². The Morgan fingerprint density at radius 1 is 1.03 bits per heavy atom. The second-order valence-electron chi connectivity index (χ2n) is 7.93. The van der Waals surface area contributed by atoms with Gasteiger partial charge in [-0.1, -0.05) is 73.3 Å². The lowest BCUT2D eigenvalue weighted by atomic mass is 10.1. The van der Waals surface area contributed by atoms with Gasteiger partial charge in [-0.05, 0) is 76.2 Å². The van der Waals surface area contributed by atoms with E-state index in [4.69, 9.17) is 14.5 Å². The van der Waals surface area contributed by atoms with E-state index in [1.807, 2.05) is 85.8 Å². The highest BCUT2D eigenvalue weighted by atomic mass is 127. The van der Waals surface area contributed by atoms with E-state index in [2.05, 4.69) is 29.2 Å². The van der Waals surface area contributed by atoms with Crippen molar-refractivity contribution in [1.82, 2.24) is 4.90 Å². The van der Waals surface area contributed by atoms with Crippen molar-refractivity contribution in [3.63, 3.8) is 0 Å². The molecule has 0 unspecified atom stereocenters. The monoisotopic (exact) mass is 610 g/mol. The molecule has 1 amide bonds. The lowest BCUT2D eigenvalue weighted by Gasteiger charge is -2.16. The Morgan fingerprint density at radius 2 is 1.72 bits per heavy atom. The third kappa shape index (κ3) is 6.59. The summed E-state index contributed by atoms with van der Waals surface area (Å²) in [5, 5.41) is 0.699. The molecule has 5 nitrogen and oxygen atoms in total. The number of aliphatic imine (C=N–C) groups is 1. The standard InChI is InChI=1S/C29H27IN2O3S/c1-3-15-35-27-24(30)16-23(17-25(27)34-4-2)18-26-28(33)32(20-22-13-9-6-10-14-22)29(36-26)31-19-21-11-7-5-8-12-21/h3,5-14,16-18H,1,4,15,19-20H2,2H3/b26-18-,31-29?. The van der Waals surface area contributed by atoms with Gasteiger partial charge in [-0.2, -0.15) is 0 Å². The highest BCUT2D eigenvalue weighted by Gasteiger charge is 2.33. The number of rotatable bonds is 10. The second-order valence-corrected chi connectivity index (χ2v) is 10.1. The summed E-state index contributed by atoms with van der Waals surface area (Å²) in [7, 11) is 0. The largest absolute Gasteiger partial charge is 0.490 e. The van der Waals surface area contributed by atoms with E-state index in [1.165, 1.54) is 11.8 Å². The zero-order chi connectivity index (χ0) is 25.3. The van der Waals surface area contributed by atoms with Gasteiger partial charge in [0.05, 0.1) is 28.2 Å². The van der Waals surface area contributed by atoms with Gasteiger partial charge in [0.25, 0.3) is 5.91 Å². The van der Waals surface area contributed by atoms with Crippen LogP contribution in [0.5, 0.6) is 11.5 Å². The summed E-state index contributed by atoms with van der Waals surface area (Å²) in [5.74, 6) is 1.27. The minimum atomic E-state index is -0.0596. The molecule has 1 saturated heterocycles. The molecule has 0 N–H and O–H groups in total. The fraction of sp³-hybridized carbons (Fsp3) is 0.172. The van der Waals surface area contributed by atoms with Gasteiger partial charge >= 0.3 is 0 Å². The van der Waals surface area contributed by atoms with Crippen molar-refractivity contribution in [2.45, 2.75) is 20.0 Å². The summed E-state index contributed by atoms with van der Waals surface area (Å²) in [6, 6.07) is 23.9. The molecule has 184 valence electrons. The van der Waals surface area contributed by atoms with Crippen LogP contribution >= 0.6 is 34.4 Å². The summed E-state index contributed by atoms with van der Waals surface area (Å²) in [6.07, 6.45) is 3.60. The zero-order valence-electron chi connectivity index (χ0n) is 20.0. The number of amidine groups is 1. The molecule has 1 aliphatic rings. The SMILES string of the molecule is C=CCOc1c(I)cc(/C=C2\SC(=NCc3ccccc3)N(Cc3ccccc3)C2=O)cc1OCC. The summed E-state index contributed by atoms with van der Waals surface area (Å²) in [4.78, 5) is 20.7. The Kier molecular flexibility index (Phi) is 9.24. The van der Waals surface area contributed by atoms with Gasteiger partial charge in [-0.25, -0.2) is 0 Å². The highest BCUT2D eigenvalue weighted by molar-refractivity contribution is 14.1. The molecule has 1 aliphatic heterocycles. The topological polar surface area (TPSA) is 51.1 Å². The number of hydrogen-bond acceptors (Lipinski definition) is 5. The van der Waals surface area contributed by atoms with Crippen LogP contribution in [0.4, 0.5) is 0 Å². The first-order chi connectivity index (χ1) is 17.6. The molecule has 1 fully saturated rings. The van der Waals surface area contributed by atoms with Gasteiger partial charge in [0.1, 0.15) is 6.61 Å². The number of carbonyl (C=O) groups is 1. The number of benzene rings is 3. The molecule has 0 aliphatic carbocycles. The predicted molar refractivity (Wildman–Crippen MR) is 156 cm³/mol. The quantitative estimate of drug-likeness (QED) is 0.142. The molecular formula is C29H27IN2O3S. The molecule has 0 saturated carbocycles. The van der Waals surface area contributed by atoms with Crippen molar-refractivity contribution in [3.8, 4) is 11.5 Å². The second kappa shape index (κ2) is 12.8. The van der Waals surface area contributed by atoms with E-state index in [0.29, 0.717) is 47.9 Å². The van der Waals surface area contributed by atoms with Crippen LogP contribution in [0.3, 0.4) is 0 Å². The van der Waals surface area contributed by atoms with Crippen molar-refractivity contribution in [1.29, 1.82) is 0 Å². The molecule has 3 aromatic carbocycles. The molecule has 0 spiro atoms. The number of amides is 1. The summed E-state index contributed by atoms with van der Waals surface area (Å²) < 4.78 is 12.6. The lowest BCUT2D eigenvalue weighted by molar-refractivity contribution is -0.122. The number of hydrogen-bond donors (Lipinski definition) is 0. The number of halogens is 1. The molecule has 3 aromatic rings. The average molecular weight is 611 g/mol. The first kappa shape index (κ1) is 26.0. The summed E-state index contributed by atoms with van der Waals surface area (Å²) in [5.41, 5.74) is 3.02. The fourth-order valence-electron chi connectivity index (χ4n) is 3.64. The third-order valence-corrected chi connectivity index (χ3v) is 7.13. The third-order valence-electron chi connectivity index (χ3n) is 5.29. The Labute approximate surface area is 230 Å². The number of nitrogens with zero attached hydrogens (tertiary/aromatic N) is 2. The minimum Gasteiger partial charge on any atom is -0.490 e. The van der Waals surface area contributed by atoms with Crippen molar-refractivity contribution in [3.05, 3.63) is 111 Å². The van der Waals surface area contributed by atoms with Crippen LogP contribution in [-0.2, 0) is 17.9 Å². The van der Waals surface area contributed by atoms with Crippen molar-refractivity contribution >= 4 is 51.5 Å². The van der Waals surface area contributed by atoms with E-state index in [1.54, 1.807) is 11.0 Å². The fourth-order valence-corrected chi connectivity index (χ4v) is 5.40. The smallest absolute Gasteiger partial charge is 0.267 e. The first-order valence-electron chi connectivity index (χ1n) is 11.6. The number of ether oxygens (including phenoxy) is 2. The number of carbonyl (C=O) groups excluding carboxylic acids is 1. The van der Waals surface area contributed by atoms with Gasteiger partial charge < -0.3 is 9.47 Å². The maximum Gasteiger partial charge on any atom is 0.267 e. The van der Waals surface area contributed by atoms with Crippen molar-refractivity contribution < 1.29 is 14.3 Å². The van der Waals surface area contributed by atoms with Crippen molar-refractivity contribution in [2.75, 3.05) is 13.2 Å². The maximum absolute atomic E-state index is 13.5. The van der Waals surface area contributed by atoms with Crippen LogP contribution in [0.25, 0.3) is 6.08 Å². The van der Waals surface area contributed by atoms with Crippen LogP contribution in [0.2, 0.25) is 0 Å². The molecular weight excluding hydrogens is 583 g/mol. The Hall–Kier alpha value is -3.04. The molecule has 7 heteroatoms. The van der Waals surface area contributed by atoms with Crippen molar-refractivity contribution in [2.24, 2.45) is 4.99 Å². The summed E-state index contributed by atoms with van der Waals surface area (Å²) >= 11 is 3.63. The molecule has 4 rings (SSSR count). The van der Waals surface area contributed by atoms with Crippen LogP contribution in [-0.4, -0.2) is 29.2 Å². The molecule has 1 heterocycles. The van der Waals surface area contributed by atoms with Gasteiger partial charge in [0, 0.05) is 0 Å². The maximum atomic E-state index is 13.5. The van der Waals surface area contributed by atoms with Gasteiger partial charge in [-0.3, -0.25) is 14.7 Å². The Morgan fingerprint density at radius 3 is 2.39 bits per heavy atom. The Balaban J connectivity index is 1.66.